The monoisotopic (exact) mass is 394 g/mol. The van der Waals surface area contributed by atoms with Crippen molar-refractivity contribution in [3.63, 3.8) is 0 Å². The Kier molecular flexibility index (Phi) is 5.43. The maximum absolute atomic E-state index is 11.8. The van der Waals surface area contributed by atoms with E-state index in [1.165, 1.54) is 13.4 Å². The number of aryl methyl sites for hydroxylation is 1. The number of methoxy groups -OCH3 is 1. The van der Waals surface area contributed by atoms with Crippen molar-refractivity contribution >= 4 is 33.0 Å². The van der Waals surface area contributed by atoms with Crippen molar-refractivity contribution in [1.82, 2.24) is 14.3 Å². The van der Waals surface area contributed by atoms with E-state index in [0.717, 1.165) is 30.9 Å². The fourth-order valence-corrected chi connectivity index (χ4v) is 4.64. The Morgan fingerprint density at radius 3 is 2.74 bits per heavy atom. The number of anilines is 1. The molecule has 1 aromatic heterocycles. The molecule has 2 heterocycles. The Morgan fingerprint density at radius 1 is 1.37 bits per heavy atom. The number of ether oxygens (including phenoxy) is 1. The van der Waals surface area contributed by atoms with Gasteiger partial charge in [0.25, 0.3) is 0 Å². The summed E-state index contributed by atoms with van der Waals surface area (Å²) in [7, 11) is 0.00335. The van der Waals surface area contributed by atoms with Crippen LogP contribution in [0.1, 0.15) is 30.1 Å². The molecule has 8 nitrogen and oxygen atoms in total. The number of aromatic nitrogens is 2. The van der Waals surface area contributed by atoms with Gasteiger partial charge in [-0.1, -0.05) is 13.3 Å². The number of hydrogen-bond donors (Lipinski definition) is 1. The van der Waals surface area contributed by atoms with Crippen LogP contribution >= 0.6 is 0 Å². The molecule has 0 spiro atoms. The van der Waals surface area contributed by atoms with Crippen LogP contribution < -0.4 is 9.62 Å². The van der Waals surface area contributed by atoms with Gasteiger partial charge in [-0.05, 0) is 30.5 Å². The van der Waals surface area contributed by atoms with E-state index >= 15 is 0 Å². The van der Waals surface area contributed by atoms with E-state index < -0.39 is 16.0 Å². The van der Waals surface area contributed by atoms with Crippen LogP contribution in [0.2, 0.25) is 0 Å². The first-order valence-electron chi connectivity index (χ1n) is 9.00. The quantitative estimate of drug-likeness (QED) is 0.747. The lowest BCUT2D eigenvalue weighted by Crippen LogP contribution is -2.40. The predicted octanol–water partition coefficient (Wildman–Crippen LogP) is 1.51. The normalized spacial score (nSPS) is 20.4. The molecular weight excluding hydrogens is 368 g/mol. The van der Waals surface area contributed by atoms with Gasteiger partial charge in [0.2, 0.25) is 16.0 Å². The highest BCUT2D eigenvalue weighted by atomic mass is 32.2. The molecule has 27 heavy (non-hydrogen) atoms. The summed E-state index contributed by atoms with van der Waals surface area (Å²) in [5.41, 5.74) is 2.07. The summed E-state index contributed by atoms with van der Waals surface area (Å²) in [5.74, 6) is 0.604. The molecule has 1 saturated heterocycles. The summed E-state index contributed by atoms with van der Waals surface area (Å²) < 4.78 is 33.0. The van der Waals surface area contributed by atoms with Crippen molar-refractivity contribution < 1.29 is 17.9 Å². The molecule has 1 fully saturated rings. The van der Waals surface area contributed by atoms with Crippen LogP contribution in [0.3, 0.4) is 0 Å². The molecule has 1 aromatic carbocycles. The summed E-state index contributed by atoms with van der Waals surface area (Å²) in [4.78, 5) is 18.6. The van der Waals surface area contributed by atoms with Crippen LogP contribution in [0.25, 0.3) is 11.0 Å². The Hall–Kier alpha value is -2.13. The van der Waals surface area contributed by atoms with Crippen LogP contribution in [0.15, 0.2) is 18.2 Å². The molecule has 148 valence electrons. The van der Waals surface area contributed by atoms with Crippen LogP contribution in [0.5, 0.6) is 0 Å². The molecule has 9 heteroatoms. The lowest BCUT2D eigenvalue weighted by molar-refractivity contribution is 0.0601. The van der Waals surface area contributed by atoms with Crippen LogP contribution in [-0.4, -0.2) is 56.4 Å². The van der Waals surface area contributed by atoms with Gasteiger partial charge in [-0.2, -0.15) is 0 Å². The van der Waals surface area contributed by atoms with Crippen LogP contribution in [0.4, 0.5) is 5.95 Å². The number of imidazole rings is 1. The zero-order valence-electron chi connectivity index (χ0n) is 16.1. The molecule has 0 saturated carbocycles. The van der Waals surface area contributed by atoms with E-state index in [4.69, 9.17) is 9.72 Å². The molecule has 2 aromatic rings. The largest absolute Gasteiger partial charge is 0.465 e. The van der Waals surface area contributed by atoms with Gasteiger partial charge < -0.3 is 14.2 Å². The minimum Gasteiger partial charge on any atom is -0.465 e. The Morgan fingerprint density at radius 2 is 2.11 bits per heavy atom. The van der Waals surface area contributed by atoms with Crippen molar-refractivity contribution in [2.24, 2.45) is 13.0 Å². The van der Waals surface area contributed by atoms with Gasteiger partial charge in [-0.25, -0.2) is 22.9 Å². The zero-order valence-corrected chi connectivity index (χ0v) is 16.9. The minimum absolute atomic E-state index is 0.134. The maximum atomic E-state index is 11.8. The van der Waals surface area contributed by atoms with Gasteiger partial charge in [0.1, 0.15) is 0 Å². The lowest BCUT2D eigenvalue weighted by Gasteiger charge is -2.17. The number of nitrogens with one attached hydrogen (secondary N) is 1. The van der Waals surface area contributed by atoms with Gasteiger partial charge in [-0.15, -0.1) is 0 Å². The van der Waals surface area contributed by atoms with Crippen molar-refractivity contribution in [3.05, 3.63) is 23.8 Å². The zero-order chi connectivity index (χ0) is 19.8. The number of nitrogens with zero attached hydrogens (tertiary/aromatic N) is 3. The Bertz CT molecular complexity index is 954. The Labute approximate surface area is 159 Å². The first-order chi connectivity index (χ1) is 12.7. The molecule has 3 rings (SSSR count). The van der Waals surface area contributed by atoms with Gasteiger partial charge in [0.05, 0.1) is 30.0 Å². The first kappa shape index (κ1) is 19.6. The number of rotatable bonds is 6. The number of sulfonamides is 1. The standard InChI is InChI=1S/C18H26N4O4S/c1-5-6-13-10-22(11-15(13)20-27(4,24)25)18-19-14-9-12(17(23)26-3)7-8-16(14)21(18)2/h7-9,13,15,20H,5-6,10-11H2,1-4H3/t13-,15-/m1/s1. The third-order valence-electron chi connectivity index (χ3n) is 5.03. The van der Waals surface area contributed by atoms with Crippen LogP contribution in [-0.2, 0) is 21.8 Å². The van der Waals surface area contributed by atoms with E-state index in [2.05, 4.69) is 16.5 Å². The third kappa shape index (κ3) is 4.08. The van der Waals surface area contributed by atoms with E-state index in [1.807, 2.05) is 17.7 Å². The summed E-state index contributed by atoms with van der Waals surface area (Å²) in [6.45, 7) is 3.41. The van der Waals surface area contributed by atoms with Gasteiger partial charge >= 0.3 is 5.97 Å². The van der Waals surface area contributed by atoms with Crippen molar-refractivity contribution in [3.8, 4) is 0 Å². The third-order valence-corrected chi connectivity index (χ3v) is 5.76. The highest BCUT2D eigenvalue weighted by Gasteiger charge is 2.35. The highest BCUT2D eigenvalue weighted by molar-refractivity contribution is 7.88. The number of esters is 1. The smallest absolute Gasteiger partial charge is 0.337 e. The Balaban J connectivity index is 1.92. The average molecular weight is 394 g/mol. The fraction of sp³-hybridized carbons (Fsp3) is 0.556. The van der Waals surface area contributed by atoms with E-state index in [1.54, 1.807) is 12.1 Å². The molecule has 2 atom stereocenters. The summed E-state index contributed by atoms with van der Waals surface area (Å²) in [6.07, 6.45) is 3.13. The maximum Gasteiger partial charge on any atom is 0.337 e. The van der Waals surface area contributed by atoms with Gasteiger partial charge in [0.15, 0.2) is 0 Å². The van der Waals surface area contributed by atoms with E-state index in [0.29, 0.717) is 17.6 Å². The van der Waals surface area contributed by atoms with E-state index in [-0.39, 0.29) is 12.0 Å². The molecule has 0 amide bonds. The fourth-order valence-electron chi connectivity index (χ4n) is 3.82. The number of hydrogen-bond acceptors (Lipinski definition) is 6. The van der Waals surface area contributed by atoms with Gasteiger partial charge in [-0.3, -0.25) is 0 Å². The molecule has 1 aliphatic rings. The predicted molar refractivity (Wildman–Crippen MR) is 104 cm³/mol. The molecule has 0 bridgehead atoms. The number of carbonyl (C=O) groups excluding carboxylic acids is 1. The minimum atomic E-state index is -3.27. The number of carbonyl (C=O) groups is 1. The summed E-state index contributed by atoms with van der Waals surface area (Å²) >= 11 is 0. The van der Waals surface area contributed by atoms with Crippen molar-refractivity contribution in [2.75, 3.05) is 31.4 Å². The second-order valence-corrected chi connectivity index (χ2v) is 8.90. The molecular formula is C18H26N4O4S. The topological polar surface area (TPSA) is 93.5 Å². The highest BCUT2D eigenvalue weighted by Crippen LogP contribution is 2.29. The molecule has 1 aliphatic heterocycles. The van der Waals surface area contributed by atoms with E-state index in [9.17, 15) is 13.2 Å². The average Bonchev–Trinajstić information content (AvgIpc) is 3.14. The van der Waals surface area contributed by atoms with Gasteiger partial charge in [0, 0.05) is 26.2 Å². The first-order valence-corrected chi connectivity index (χ1v) is 10.9. The van der Waals surface area contributed by atoms with Crippen molar-refractivity contribution in [2.45, 2.75) is 25.8 Å². The van der Waals surface area contributed by atoms with Crippen LogP contribution in [0, 0.1) is 5.92 Å². The number of fused-ring (bicyclic) bond motifs is 1. The molecule has 1 N–H and O–H groups in total. The number of benzene rings is 1. The lowest BCUT2D eigenvalue weighted by atomic mass is 9.99. The second kappa shape index (κ2) is 7.47. The molecule has 0 radical (unpaired) electrons. The molecule has 0 aliphatic carbocycles. The molecule has 0 unspecified atom stereocenters. The second-order valence-electron chi connectivity index (χ2n) is 7.12. The summed E-state index contributed by atoms with van der Waals surface area (Å²) in [6, 6.07) is 5.16. The van der Waals surface area contributed by atoms with Crippen molar-refractivity contribution in [1.29, 1.82) is 0 Å². The summed E-state index contributed by atoms with van der Waals surface area (Å²) in [5, 5.41) is 0. The SMILES string of the molecule is CCC[C@@H]1CN(c2nc3cc(C(=O)OC)ccc3n2C)C[C@H]1NS(C)(=O)=O.